The third-order valence-electron chi connectivity index (χ3n) is 8.57. The van der Waals surface area contributed by atoms with Crippen LogP contribution < -0.4 is 9.64 Å². The van der Waals surface area contributed by atoms with Gasteiger partial charge in [-0.2, -0.15) is 0 Å². The lowest BCUT2D eigenvalue weighted by atomic mass is 9.72. The number of allylic oxidation sites excluding steroid dienone is 1. The van der Waals surface area contributed by atoms with Crippen molar-refractivity contribution in [1.82, 2.24) is 9.88 Å². The third kappa shape index (κ3) is 6.03. The van der Waals surface area contributed by atoms with Gasteiger partial charge >= 0.3 is 5.97 Å². The molecule has 0 radical (unpaired) electrons. The summed E-state index contributed by atoms with van der Waals surface area (Å²) < 4.78 is 6.22. The van der Waals surface area contributed by atoms with Crippen molar-refractivity contribution in [1.29, 1.82) is 0 Å². The van der Waals surface area contributed by atoms with Gasteiger partial charge in [0.05, 0.1) is 15.9 Å². The van der Waals surface area contributed by atoms with E-state index in [0.717, 1.165) is 67.2 Å². The second kappa shape index (κ2) is 11.7. The highest BCUT2D eigenvalue weighted by atomic mass is 35.5. The molecule has 4 aromatic rings. The lowest BCUT2D eigenvalue weighted by Crippen LogP contribution is -2.47. The molecule has 1 aromatic heterocycles. The number of benzene rings is 3. The number of aromatic amines is 1. The zero-order valence-electron chi connectivity index (χ0n) is 23.9. The van der Waals surface area contributed by atoms with E-state index in [-0.39, 0.29) is 11.0 Å². The monoisotopic (exact) mass is 603 g/mol. The Bertz CT molecular complexity index is 1650. The minimum atomic E-state index is -1.03. The van der Waals surface area contributed by atoms with E-state index in [1.54, 1.807) is 18.3 Å². The molecule has 1 fully saturated rings. The Morgan fingerprint density at radius 1 is 1.00 bits per heavy atom. The molecule has 2 N–H and O–H groups in total. The van der Waals surface area contributed by atoms with Gasteiger partial charge in [-0.3, -0.25) is 4.90 Å². The first kappa shape index (κ1) is 28.7. The molecule has 0 spiro atoms. The number of H-pyrrole nitrogens is 1. The van der Waals surface area contributed by atoms with Gasteiger partial charge in [-0.1, -0.05) is 60.8 Å². The van der Waals surface area contributed by atoms with Crippen LogP contribution in [0.3, 0.4) is 0 Å². The van der Waals surface area contributed by atoms with E-state index in [2.05, 4.69) is 40.8 Å². The Balaban J connectivity index is 1.19. The molecule has 2 aliphatic rings. The number of halogens is 2. The number of carboxylic acid groups (broad SMARTS) is 1. The van der Waals surface area contributed by atoms with Gasteiger partial charge in [0.15, 0.2) is 0 Å². The summed E-state index contributed by atoms with van der Waals surface area (Å²) in [7, 11) is 0. The summed E-state index contributed by atoms with van der Waals surface area (Å²) in [6, 6.07) is 19.2. The molecule has 6 rings (SSSR count). The van der Waals surface area contributed by atoms with E-state index in [0.29, 0.717) is 16.5 Å². The fourth-order valence-electron chi connectivity index (χ4n) is 6.18. The smallest absolute Gasteiger partial charge is 0.339 e. The number of hydrogen-bond acceptors (Lipinski definition) is 4. The number of nitrogens with one attached hydrogen (secondary N) is 1. The maximum Gasteiger partial charge on any atom is 0.339 e. The number of ether oxygens (including phenoxy) is 1. The first-order chi connectivity index (χ1) is 20.2. The molecule has 0 unspecified atom stereocenters. The van der Waals surface area contributed by atoms with Crippen LogP contribution in [0.15, 0.2) is 72.4 Å². The molecule has 8 heteroatoms. The number of carboxylic acids is 1. The molecule has 1 saturated heterocycles. The minimum Gasteiger partial charge on any atom is -0.478 e. The molecule has 0 amide bonds. The number of nitrogens with zero attached hydrogens (tertiary/aromatic N) is 2. The van der Waals surface area contributed by atoms with E-state index < -0.39 is 5.97 Å². The van der Waals surface area contributed by atoms with E-state index in [4.69, 9.17) is 27.9 Å². The Morgan fingerprint density at radius 2 is 1.76 bits per heavy atom. The van der Waals surface area contributed by atoms with Crippen molar-refractivity contribution in [2.75, 3.05) is 37.6 Å². The van der Waals surface area contributed by atoms with Gasteiger partial charge in [0.1, 0.15) is 17.1 Å². The molecule has 0 bridgehead atoms. The van der Waals surface area contributed by atoms with Crippen LogP contribution in [-0.4, -0.2) is 53.7 Å². The minimum absolute atomic E-state index is 0.114. The van der Waals surface area contributed by atoms with Crippen molar-refractivity contribution in [3.05, 3.63) is 93.6 Å². The van der Waals surface area contributed by atoms with Gasteiger partial charge in [-0.05, 0) is 72.2 Å². The normalized spacial score (nSPS) is 17.6. The van der Waals surface area contributed by atoms with Crippen LogP contribution in [0, 0.1) is 5.41 Å². The lowest BCUT2D eigenvalue weighted by molar-refractivity contribution is 0.0694. The Morgan fingerprint density at radius 3 is 2.50 bits per heavy atom. The molecule has 218 valence electrons. The van der Waals surface area contributed by atoms with E-state index >= 15 is 0 Å². The molecular weight excluding hydrogens is 569 g/mol. The summed E-state index contributed by atoms with van der Waals surface area (Å²) in [5.74, 6) is -0.215. The standard InChI is InChI=1S/C34H35Cl2N3O3/c1-34(2)13-12-23(27(19-34)22-6-8-24(35)9-7-22)21-38-14-16-39(17-15-38)25-10-11-26(33(40)41)31(18-25)42-30-5-3-4-29-32(30)28(36)20-37-29/h3-11,18,20,37H,12-17,19,21H2,1-2H3,(H,40,41). The quantitative estimate of drug-likeness (QED) is 0.221. The van der Waals surface area contributed by atoms with Gasteiger partial charge in [0.25, 0.3) is 0 Å². The summed E-state index contributed by atoms with van der Waals surface area (Å²) in [6.45, 7) is 9.24. The zero-order chi connectivity index (χ0) is 29.4. The number of aromatic nitrogens is 1. The van der Waals surface area contributed by atoms with Crippen LogP contribution in [0.1, 0.15) is 49.0 Å². The van der Waals surface area contributed by atoms with Crippen LogP contribution in [0.2, 0.25) is 10.0 Å². The molecule has 0 atom stereocenters. The van der Waals surface area contributed by atoms with Gasteiger partial charge in [0.2, 0.25) is 0 Å². The van der Waals surface area contributed by atoms with Crippen molar-refractivity contribution in [2.45, 2.75) is 33.1 Å². The van der Waals surface area contributed by atoms with Crippen LogP contribution >= 0.6 is 23.2 Å². The maximum absolute atomic E-state index is 12.1. The second-order valence-electron chi connectivity index (χ2n) is 12.1. The van der Waals surface area contributed by atoms with Crippen LogP contribution in [-0.2, 0) is 0 Å². The van der Waals surface area contributed by atoms with E-state index in [9.17, 15) is 9.90 Å². The average molecular weight is 605 g/mol. The van der Waals surface area contributed by atoms with Crippen molar-refractivity contribution >= 4 is 51.3 Å². The number of aromatic carboxylic acids is 1. The van der Waals surface area contributed by atoms with Gasteiger partial charge in [-0.25, -0.2) is 4.79 Å². The fraction of sp³-hybridized carbons (Fsp3) is 0.324. The van der Waals surface area contributed by atoms with Crippen molar-refractivity contribution < 1.29 is 14.6 Å². The van der Waals surface area contributed by atoms with Gasteiger partial charge < -0.3 is 19.7 Å². The highest BCUT2D eigenvalue weighted by molar-refractivity contribution is 6.36. The van der Waals surface area contributed by atoms with Crippen LogP contribution in [0.25, 0.3) is 16.5 Å². The van der Waals surface area contributed by atoms with Gasteiger partial charge in [0, 0.05) is 55.7 Å². The maximum atomic E-state index is 12.1. The van der Waals surface area contributed by atoms with E-state index in [1.165, 1.54) is 23.1 Å². The molecule has 3 aromatic carbocycles. The largest absolute Gasteiger partial charge is 0.478 e. The Labute approximate surface area is 256 Å². The van der Waals surface area contributed by atoms with Crippen LogP contribution in [0.4, 0.5) is 5.69 Å². The second-order valence-corrected chi connectivity index (χ2v) is 12.9. The van der Waals surface area contributed by atoms with Crippen molar-refractivity contribution in [2.24, 2.45) is 5.41 Å². The lowest BCUT2D eigenvalue weighted by Gasteiger charge is -2.39. The predicted molar refractivity (Wildman–Crippen MR) is 171 cm³/mol. The number of rotatable bonds is 7. The summed E-state index contributed by atoms with van der Waals surface area (Å²) >= 11 is 12.6. The predicted octanol–water partition coefficient (Wildman–Crippen LogP) is 8.75. The molecule has 0 saturated carbocycles. The average Bonchev–Trinajstić information content (AvgIpc) is 3.36. The Kier molecular flexibility index (Phi) is 7.97. The molecular formula is C34H35Cl2N3O3. The summed E-state index contributed by atoms with van der Waals surface area (Å²) in [5.41, 5.74) is 6.46. The number of piperazine rings is 1. The Hall–Kier alpha value is -3.45. The summed E-state index contributed by atoms with van der Waals surface area (Å²) in [6.07, 6.45) is 5.08. The molecule has 2 heterocycles. The SMILES string of the molecule is CC1(C)CCC(CN2CCN(c3ccc(C(=O)O)c(Oc4cccc5[nH]cc(Cl)c45)c3)CC2)=C(c2ccc(Cl)cc2)C1. The summed E-state index contributed by atoms with van der Waals surface area (Å²) in [5, 5.41) is 11.9. The molecule has 1 aliphatic carbocycles. The number of hydrogen-bond donors (Lipinski definition) is 2. The number of fused-ring (bicyclic) bond motifs is 1. The van der Waals surface area contributed by atoms with Crippen molar-refractivity contribution in [3.63, 3.8) is 0 Å². The highest BCUT2D eigenvalue weighted by Crippen LogP contribution is 2.43. The van der Waals surface area contributed by atoms with Gasteiger partial charge in [-0.15, -0.1) is 0 Å². The zero-order valence-corrected chi connectivity index (χ0v) is 25.4. The fourth-order valence-corrected chi connectivity index (χ4v) is 6.56. The number of anilines is 1. The molecule has 6 nitrogen and oxygen atoms in total. The van der Waals surface area contributed by atoms with Crippen LogP contribution in [0.5, 0.6) is 11.5 Å². The van der Waals surface area contributed by atoms with Crippen molar-refractivity contribution in [3.8, 4) is 11.5 Å². The molecule has 42 heavy (non-hydrogen) atoms. The first-order valence-corrected chi connectivity index (χ1v) is 15.2. The van der Waals surface area contributed by atoms with E-state index in [1.807, 2.05) is 36.4 Å². The highest BCUT2D eigenvalue weighted by Gasteiger charge is 2.29. The first-order valence-electron chi connectivity index (χ1n) is 14.4. The summed E-state index contributed by atoms with van der Waals surface area (Å²) in [4.78, 5) is 20.0. The molecule has 1 aliphatic heterocycles. The number of carbonyl (C=O) groups is 1. The topological polar surface area (TPSA) is 68.8 Å². The third-order valence-corrected chi connectivity index (χ3v) is 9.12.